The minimum atomic E-state index is -0.785. The molecule has 1 amide bonds. The van der Waals surface area contributed by atoms with Crippen molar-refractivity contribution in [3.8, 4) is 0 Å². The van der Waals surface area contributed by atoms with Crippen LogP contribution in [0, 0.1) is 17.6 Å². The van der Waals surface area contributed by atoms with E-state index in [2.05, 4.69) is 0 Å². The van der Waals surface area contributed by atoms with Gasteiger partial charge in [-0.2, -0.15) is 0 Å². The van der Waals surface area contributed by atoms with Gasteiger partial charge in [-0.05, 0) is 66.3 Å². The van der Waals surface area contributed by atoms with Crippen LogP contribution in [0.4, 0.5) is 13.6 Å². The van der Waals surface area contributed by atoms with Gasteiger partial charge in [0.2, 0.25) is 0 Å². The van der Waals surface area contributed by atoms with E-state index in [1.165, 1.54) is 6.07 Å². The quantitative estimate of drug-likeness (QED) is 0.606. The molecule has 4 rings (SSSR count). The van der Waals surface area contributed by atoms with Crippen LogP contribution in [-0.4, -0.2) is 40.5 Å². The van der Waals surface area contributed by atoms with Gasteiger partial charge in [0.25, 0.3) is 0 Å². The predicted molar refractivity (Wildman–Crippen MR) is 124 cm³/mol. The highest BCUT2D eigenvalue weighted by Crippen LogP contribution is 2.29. The number of rotatable bonds is 7. The third kappa shape index (κ3) is 6.65. The lowest BCUT2D eigenvalue weighted by Gasteiger charge is -2.32. The van der Waals surface area contributed by atoms with E-state index in [4.69, 9.17) is 9.84 Å². The molecule has 35 heavy (non-hydrogen) atoms. The number of halogens is 2. The van der Waals surface area contributed by atoms with Crippen molar-refractivity contribution in [2.75, 3.05) is 6.54 Å². The number of ketones is 1. The summed E-state index contributed by atoms with van der Waals surface area (Å²) in [5, 5.41) is 8.93. The van der Waals surface area contributed by atoms with Gasteiger partial charge < -0.3 is 14.7 Å². The SMILES string of the molecule is O=C(O)CC1CCC(OC(=O)N2CCc3cc(CC(=O)Cc4ccc(F)cc4F)ccc3C2)CC1. The molecular formula is C27H29F2NO5. The second-order valence-electron chi connectivity index (χ2n) is 9.53. The van der Waals surface area contributed by atoms with E-state index >= 15 is 0 Å². The fourth-order valence-electron chi connectivity index (χ4n) is 4.96. The molecule has 1 N–H and O–H groups in total. The fraction of sp³-hybridized carbons (Fsp3) is 0.444. The van der Waals surface area contributed by atoms with Gasteiger partial charge in [-0.1, -0.05) is 24.3 Å². The summed E-state index contributed by atoms with van der Waals surface area (Å²) in [6.07, 6.45) is 3.23. The summed E-state index contributed by atoms with van der Waals surface area (Å²) in [6.45, 7) is 0.940. The summed E-state index contributed by atoms with van der Waals surface area (Å²) in [6, 6.07) is 8.93. The Kier molecular flexibility index (Phi) is 7.78. The molecule has 0 atom stereocenters. The number of Topliss-reactive ketones (excluding diaryl/α,β-unsaturated/α-hetero) is 1. The molecule has 0 unspecified atom stereocenters. The van der Waals surface area contributed by atoms with Gasteiger partial charge in [-0.25, -0.2) is 13.6 Å². The first-order valence-electron chi connectivity index (χ1n) is 12.0. The van der Waals surface area contributed by atoms with Crippen LogP contribution in [0.15, 0.2) is 36.4 Å². The first-order chi connectivity index (χ1) is 16.8. The van der Waals surface area contributed by atoms with Gasteiger partial charge in [0.05, 0.1) is 0 Å². The minimum Gasteiger partial charge on any atom is -0.481 e. The Morgan fingerprint density at radius 3 is 2.46 bits per heavy atom. The molecule has 1 heterocycles. The maximum atomic E-state index is 13.8. The summed E-state index contributed by atoms with van der Waals surface area (Å²) in [7, 11) is 0. The molecule has 8 heteroatoms. The largest absolute Gasteiger partial charge is 0.481 e. The summed E-state index contributed by atoms with van der Waals surface area (Å²) < 4.78 is 32.6. The molecule has 1 saturated carbocycles. The zero-order valence-corrected chi connectivity index (χ0v) is 19.5. The van der Waals surface area contributed by atoms with Crippen LogP contribution in [0.5, 0.6) is 0 Å². The molecule has 2 aromatic rings. The Balaban J connectivity index is 1.28. The lowest BCUT2D eigenvalue weighted by atomic mass is 9.85. The molecule has 2 aliphatic rings. The Labute approximate surface area is 202 Å². The summed E-state index contributed by atoms with van der Waals surface area (Å²) in [5.74, 6) is -2.18. The van der Waals surface area contributed by atoms with Crippen molar-refractivity contribution in [2.45, 2.75) is 64.0 Å². The Morgan fingerprint density at radius 1 is 0.971 bits per heavy atom. The van der Waals surface area contributed by atoms with Crippen molar-refractivity contribution in [3.05, 3.63) is 70.3 Å². The molecule has 2 aromatic carbocycles. The summed E-state index contributed by atoms with van der Waals surface area (Å²) in [5.41, 5.74) is 3.07. The van der Waals surface area contributed by atoms with E-state index in [1.807, 2.05) is 18.2 Å². The van der Waals surface area contributed by atoms with Crippen molar-refractivity contribution >= 4 is 17.8 Å². The maximum Gasteiger partial charge on any atom is 0.410 e. The second-order valence-corrected chi connectivity index (χ2v) is 9.53. The zero-order chi connectivity index (χ0) is 24.9. The van der Waals surface area contributed by atoms with E-state index in [0.29, 0.717) is 32.4 Å². The molecule has 186 valence electrons. The third-order valence-corrected chi connectivity index (χ3v) is 6.87. The molecule has 1 fully saturated rings. The number of amides is 1. The Hall–Kier alpha value is -3.29. The normalized spacial score (nSPS) is 19.7. The van der Waals surface area contributed by atoms with E-state index in [-0.39, 0.29) is 48.7 Å². The van der Waals surface area contributed by atoms with Crippen LogP contribution in [0.3, 0.4) is 0 Å². The van der Waals surface area contributed by atoms with Crippen molar-refractivity contribution in [2.24, 2.45) is 5.92 Å². The highest BCUT2D eigenvalue weighted by molar-refractivity contribution is 5.83. The van der Waals surface area contributed by atoms with E-state index in [9.17, 15) is 23.2 Å². The number of fused-ring (bicyclic) bond motifs is 1. The maximum absolute atomic E-state index is 13.8. The van der Waals surface area contributed by atoms with Crippen molar-refractivity contribution in [1.82, 2.24) is 4.90 Å². The minimum absolute atomic E-state index is 0.0962. The third-order valence-electron chi connectivity index (χ3n) is 6.87. The number of ether oxygens (including phenoxy) is 1. The number of benzene rings is 2. The monoisotopic (exact) mass is 485 g/mol. The number of nitrogens with zero attached hydrogens (tertiary/aromatic N) is 1. The average molecular weight is 486 g/mol. The van der Waals surface area contributed by atoms with Crippen LogP contribution in [0.25, 0.3) is 0 Å². The van der Waals surface area contributed by atoms with Crippen LogP contribution >= 0.6 is 0 Å². The van der Waals surface area contributed by atoms with Gasteiger partial charge in [-0.15, -0.1) is 0 Å². The standard InChI is InChI=1S/C27H29F2NO5/c28-22-6-5-20(25(29)15-22)14-23(31)12-18-1-4-21-16-30(10-9-19(21)11-18)27(34)35-24-7-2-17(3-8-24)13-26(32)33/h1,4-6,11,15,17,24H,2-3,7-10,12-14,16H2,(H,32,33). The van der Waals surface area contributed by atoms with Gasteiger partial charge in [0.1, 0.15) is 23.5 Å². The number of aliphatic carboxylic acids is 1. The summed E-state index contributed by atoms with van der Waals surface area (Å²) >= 11 is 0. The van der Waals surface area contributed by atoms with E-state index in [0.717, 1.165) is 41.7 Å². The molecule has 0 bridgehead atoms. The molecule has 1 aliphatic heterocycles. The number of hydrogen-bond donors (Lipinski definition) is 1. The fourth-order valence-corrected chi connectivity index (χ4v) is 4.96. The second kappa shape index (κ2) is 11.0. The highest BCUT2D eigenvalue weighted by atomic mass is 19.1. The van der Waals surface area contributed by atoms with Crippen LogP contribution < -0.4 is 0 Å². The molecular weight excluding hydrogens is 456 g/mol. The lowest BCUT2D eigenvalue weighted by molar-refractivity contribution is -0.138. The van der Waals surface area contributed by atoms with Crippen LogP contribution in [0.2, 0.25) is 0 Å². The van der Waals surface area contributed by atoms with Crippen molar-refractivity contribution in [1.29, 1.82) is 0 Å². The molecule has 0 spiro atoms. The number of carbonyl (C=O) groups is 3. The first kappa shape index (κ1) is 24.8. The first-order valence-corrected chi connectivity index (χ1v) is 12.0. The van der Waals surface area contributed by atoms with E-state index < -0.39 is 17.6 Å². The topological polar surface area (TPSA) is 83.9 Å². The highest BCUT2D eigenvalue weighted by Gasteiger charge is 2.28. The number of carbonyl (C=O) groups excluding carboxylic acids is 2. The lowest BCUT2D eigenvalue weighted by Crippen LogP contribution is -2.39. The molecule has 0 saturated heterocycles. The zero-order valence-electron chi connectivity index (χ0n) is 19.5. The number of hydrogen-bond acceptors (Lipinski definition) is 4. The molecule has 0 radical (unpaired) electrons. The van der Waals surface area contributed by atoms with Gasteiger partial charge in [-0.3, -0.25) is 9.59 Å². The average Bonchev–Trinajstić information content (AvgIpc) is 2.81. The van der Waals surface area contributed by atoms with Crippen molar-refractivity contribution < 1.29 is 33.0 Å². The van der Waals surface area contributed by atoms with Gasteiger partial charge >= 0.3 is 12.1 Å². The van der Waals surface area contributed by atoms with Crippen LogP contribution in [-0.2, 0) is 40.1 Å². The molecule has 6 nitrogen and oxygen atoms in total. The Bertz CT molecular complexity index is 1110. The Morgan fingerprint density at radius 2 is 1.74 bits per heavy atom. The number of carboxylic acids is 1. The van der Waals surface area contributed by atoms with Crippen molar-refractivity contribution in [3.63, 3.8) is 0 Å². The number of carboxylic acid groups (broad SMARTS) is 1. The van der Waals surface area contributed by atoms with Crippen LogP contribution in [0.1, 0.15) is 54.4 Å². The van der Waals surface area contributed by atoms with E-state index in [1.54, 1.807) is 4.90 Å². The smallest absolute Gasteiger partial charge is 0.410 e. The predicted octanol–water partition coefficient (Wildman–Crippen LogP) is 4.85. The molecule has 0 aromatic heterocycles. The van der Waals surface area contributed by atoms with Gasteiger partial charge in [0.15, 0.2) is 0 Å². The van der Waals surface area contributed by atoms with Gasteiger partial charge in [0, 0.05) is 38.4 Å². The molecule has 1 aliphatic carbocycles. The summed E-state index contributed by atoms with van der Waals surface area (Å²) in [4.78, 5) is 37.7.